The van der Waals surface area contributed by atoms with Gasteiger partial charge in [-0.05, 0) is 25.1 Å². The zero-order valence-electron chi connectivity index (χ0n) is 17.4. The lowest BCUT2D eigenvalue weighted by atomic mass is 10.2. The van der Waals surface area contributed by atoms with Gasteiger partial charge in [-0.3, -0.25) is 19.3 Å². The summed E-state index contributed by atoms with van der Waals surface area (Å²) in [5, 5.41) is 3.72. The highest BCUT2D eigenvalue weighted by atomic mass is 19.1. The highest BCUT2D eigenvalue weighted by Gasteiger charge is 2.32. The largest absolute Gasteiger partial charge is 0.442 e. The maximum absolute atomic E-state index is 14.8. The van der Waals surface area contributed by atoms with Crippen molar-refractivity contribution in [2.45, 2.75) is 20.0 Å². The molecule has 166 valence electrons. The molecule has 11 heteroatoms. The molecule has 3 N–H and O–H groups in total. The normalized spacial score (nSPS) is 15.7. The Labute approximate surface area is 174 Å². The molecule has 10 nitrogen and oxygen atoms in total. The lowest BCUT2D eigenvalue weighted by Crippen LogP contribution is -2.41. The molecule has 1 saturated heterocycles. The van der Waals surface area contributed by atoms with E-state index in [1.165, 1.54) is 25.0 Å². The third-order valence-electron chi connectivity index (χ3n) is 4.66. The zero-order valence-corrected chi connectivity index (χ0v) is 17.4. The first-order valence-corrected chi connectivity index (χ1v) is 9.62. The van der Waals surface area contributed by atoms with Gasteiger partial charge < -0.3 is 20.7 Å². The average molecular weight is 425 g/mol. The molecule has 1 heterocycles. The summed E-state index contributed by atoms with van der Waals surface area (Å²) in [7, 11) is 1.37. The number of cyclic esters (lactones) is 1. The average Bonchev–Trinajstić information content (AvgIpc) is 3.10. The predicted octanol–water partition coefficient (Wildman–Crippen LogP) is 0.462. The maximum atomic E-state index is 14.8. The van der Waals surface area contributed by atoms with Gasteiger partial charge in [-0.2, -0.15) is 0 Å². The van der Waals surface area contributed by atoms with Gasteiger partial charge in [0.05, 0.1) is 44.7 Å². The van der Waals surface area contributed by atoms with Crippen LogP contribution >= 0.6 is 0 Å². The molecule has 30 heavy (non-hydrogen) atoms. The molecule has 0 aliphatic carbocycles. The molecule has 1 fully saturated rings. The number of hydroxylamine groups is 2. The Morgan fingerprint density at radius 3 is 2.70 bits per heavy atom. The molecular weight excluding hydrogens is 397 g/mol. The van der Waals surface area contributed by atoms with Crippen molar-refractivity contribution in [3.8, 4) is 0 Å². The number of likely N-dealkylation sites (N-methyl/N-ethyl adjacent to an activating group) is 1. The van der Waals surface area contributed by atoms with Crippen molar-refractivity contribution in [1.82, 2.24) is 10.4 Å². The zero-order chi connectivity index (χ0) is 22.3. The minimum Gasteiger partial charge on any atom is -0.442 e. The number of nitrogens with zero attached hydrogens (tertiary/aromatic N) is 3. The van der Waals surface area contributed by atoms with Gasteiger partial charge in [0.25, 0.3) is 5.91 Å². The smallest absolute Gasteiger partial charge is 0.414 e. The Kier molecular flexibility index (Phi) is 8.36. The SMILES string of the molecule is CCN(CCN(OC)C(=O)CN)c1ccc(N2C[C@H](CNC(C)=O)OC2=O)cc1F. The number of carbonyl (C=O) groups excluding carboxylic acids is 3. The molecule has 0 spiro atoms. The Bertz CT molecular complexity index is 778. The number of nitrogens with two attached hydrogens (primary N) is 1. The Morgan fingerprint density at radius 1 is 1.40 bits per heavy atom. The lowest BCUT2D eigenvalue weighted by molar-refractivity contribution is -0.173. The minimum absolute atomic E-state index is 0.183. The molecule has 0 saturated carbocycles. The number of hydrogen-bond donors (Lipinski definition) is 2. The van der Waals surface area contributed by atoms with E-state index in [1.54, 1.807) is 17.0 Å². The number of benzene rings is 1. The van der Waals surface area contributed by atoms with Crippen LogP contribution in [-0.2, 0) is 19.2 Å². The van der Waals surface area contributed by atoms with Gasteiger partial charge in [0.15, 0.2) is 0 Å². The first kappa shape index (κ1) is 23.4. The fraction of sp³-hybridized carbons (Fsp3) is 0.526. The molecule has 0 unspecified atom stereocenters. The van der Waals surface area contributed by atoms with Gasteiger partial charge in [0, 0.05) is 20.0 Å². The number of rotatable bonds is 10. The second-order valence-corrected chi connectivity index (χ2v) is 6.65. The molecule has 0 radical (unpaired) electrons. The molecule has 1 aliphatic heterocycles. The van der Waals surface area contributed by atoms with Crippen molar-refractivity contribution in [2.75, 3.05) is 56.2 Å². The van der Waals surface area contributed by atoms with Gasteiger partial charge in [0.1, 0.15) is 11.9 Å². The third-order valence-corrected chi connectivity index (χ3v) is 4.66. The molecular formula is C19H28FN5O5. The summed E-state index contributed by atoms with van der Waals surface area (Å²) >= 11 is 0. The van der Waals surface area contributed by atoms with Crippen molar-refractivity contribution in [2.24, 2.45) is 5.73 Å². The van der Waals surface area contributed by atoms with E-state index in [9.17, 15) is 18.8 Å². The van der Waals surface area contributed by atoms with E-state index in [2.05, 4.69) is 5.32 Å². The first-order valence-electron chi connectivity index (χ1n) is 9.62. The summed E-state index contributed by atoms with van der Waals surface area (Å²) in [6.07, 6.45) is -1.10. The standard InChI is InChI=1S/C19H28FN5O5/c1-4-23(7-8-25(29-3)18(27)10-21)17-6-5-14(9-16(17)20)24-12-15(30-19(24)28)11-22-13(2)26/h5-6,9,15H,4,7-8,10-12,21H2,1-3H3,(H,22,26)/t15-/m0/s1. The second kappa shape index (κ2) is 10.7. The molecule has 1 aromatic rings. The number of nitrogens with one attached hydrogen (secondary N) is 1. The number of carbonyl (C=O) groups is 3. The van der Waals surface area contributed by atoms with Crippen LogP contribution in [0.15, 0.2) is 18.2 Å². The highest BCUT2D eigenvalue weighted by molar-refractivity contribution is 5.90. The van der Waals surface area contributed by atoms with Crippen LogP contribution in [0.3, 0.4) is 0 Å². The number of hydrogen-bond acceptors (Lipinski definition) is 7. The maximum Gasteiger partial charge on any atom is 0.414 e. The summed E-state index contributed by atoms with van der Waals surface area (Å²) in [6, 6.07) is 4.46. The quantitative estimate of drug-likeness (QED) is 0.523. The third kappa shape index (κ3) is 5.80. The van der Waals surface area contributed by atoms with Crippen molar-refractivity contribution >= 4 is 29.3 Å². The molecule has 2 rings (SSSR count). The number of anilines is 2. The highest BCUT2D eigenvalue weighted by Crippen LogP contribution is 2.28. The van der Waals surface area contributed by atoms with Gasteiger partial charge in [0.2, 0.25) is 5.91 Å². The predicted molar refractivity (Wildman–Crippen MR) is 108 cm³/mol. The minimum atomic E-state index is -0.596. The van der Waals surface area contributed by atoms with E-state index in [-0.39, 0.29) is 38.0 Å². The molecule has 1 aromatic carbocycles. The summed E-state index contributed by atoms with van der Waals surface area (Å²) in [4.78, 5) is 42.9. The van der Waals surface area contributed by atoms with Crippen molar-refractivity contribution in [3.05, 3.63) is 24.0 Å². The van der Waals surface area contributed by atoms with Crippen LogP contribution in [-0.4, -0.2) is 75.5 Å². The Morgan fingerprint density at radius 2 is 2.13 bits per heavy atom. The van der Waals surface area contributed by atoms with Crippen molar-refractivity contribution in [1.29, 1.82) is 0 Å². The van der Waals surface area contributed by atoms with Crippen molar-refractivity contribution in [3.63, 3.8) is 0 Å². The van der Waals surface area contributed by atoms with Crippen LogP contribution in [0.2, 0.25) is 0 Å². The Balaban J connectivity index is 2.07. The topological polar surface area (TPSA) is 117 Å². The van der Waals surface area contributed by atoms with Crippen LogP contribution in [0.1, 0.15) is 13.8 Å². The molecule has 1 aliphatic rings. The van der Waals surface area contributed by atoms with Crippen LogP contribution in [0.25, 0.3) is 0 Å². The molecule has 0 bridgehead atoms. The molecule has 3 amide bonds. The van der Waals surface area contributed by atoms with Gasteiger partial charge in [-0.15, -0.1) is 0 Å². The summed E-state index contributed by atoms with van der Waals surface area (Å²) in [6.45, 7) is 4.49. The van der Waals surface area contributed by atoms with E-state index in [1.807, 2.05) is 6.92 Å². The molecule has 0 aromatic heterocycles. The van der Waals surface area contributed by atoms with Crippen LogP contribution in [0.5, 0.6) is 0 Å². The lowest BCUT2D eigenvalue weighted by Gasteiger charge is -2.27. The van der Waals surface area contributed by atoms with Crippen molar-refractivity contribution < 1.29 is 28.3 Å². The fourth-order valence-corrected chi connectivity index (χ4v) is 3.10. The monoisotopic (exact) mass is 425 g/mol. The number of halogens is 1. The summed E-state index contributed by atoms with van der Waals surface area (Å²) in [5.41, 5.74) is 6.04. The van der Waals surface area contributed by atoms with Crippen LogP contribution in [0, 0.1) is 5.82 Å². The van der Waals surface area contributed by atoms with Gasteiger partial charge >= 0.3 is 6.09 Å². The van der Waals surface area contributed by atoms with Crippen LogP contribution < -0.4 is 20.9 Å². The summed E-state index contributed by atoms with van der Waals surface area (Å²) in [5.74, 6) is -1.10. The number of ether oxygens (including phenoxy) is 1. The second-order valence-electron chi connectivity index (χ2n) is 6.65. The van der Waals surface area contributed by atoms with E-state index < -0.39 is 18.0 Å². The van der Waals surface area contributed by atoms with E-state index in [4.69, 9.17) is 15.3 Å². The fourth-order valence-electron chi connectivity index (χ4n) is 3.10. The molecule has 1 atom stereocenters. The van der Waals surface area contributed by atoms with E-state index >= 15 is 0 Å². The van der Waals surface area contributed by atoms with Gasteiger partial charge in [-0.25, -0.2) is 14.2 Å². The number of amides is 3. The Hall–Kier alpha value is -2.92. The van der Waals surface area contributed by atoms with E-state index in [0.29, 0.717) is 24.5 Å². The summed E-state index contributed by atoms with van der Waals surface area (Å²) < 4.78 is 20.0. The van der Waals surface area contributed by atoms with Gasteiger partial charge in [-0.1, -0.05) is 0 Å². The van der Waals surface area contributed by atoms with E-state index in [0.717, 1.165) is 5.06 Å². The first-order chi connectivity index (χ1) is 14.3. The van der Waals surface area contributed by atoms with Crippen LogP contribution in [0.4, 0.5) is 20.6 Å².